The Morgan fingerprint density at radius 2 is 2.30 bits per heavy atom. The summed E-state index contributed by atoms with van der Waals surface area (Å²) in [5.41, 5.74) is 0.293. The zero-order valence-corrected chi connectivity index (χ0v) is 11.9. The lowest BCUT2D eigenvalue weighted by molar-refractivity contribution is -0.141. The molecule has 0 saturated heterocycles. The molecule has 6 nitrogen and oxygen atoms in total. The molecule has 0 aliphatic rings. The van der Waals surface area contributed by atoms with Gasteiger partial charge in [0.1, 0.15) is 5.69 Å². The molecular weight excluding hydrogens is 280 g/mol. The molecule has 7 heteroatoms. The number of amides is 1. The Kier molecular flexibility index (Phi) is 4.19. The van der Waals surface area contributed by atoms with Gasteiger partial charge < -0.3 is 14.4 Å². The minimum atomic E-state index is -0.931. The van der Waals surface area contributed by atoms with Gasteiger partial charge in [0.25, 0.3) is 5.91 Å². The van der Waals surface area contributed by atoms with Gasteiger partial charge in [-0.25, -0.2) is 4.98 Å². The van der Waals surface area contributed by atoms with Crippen molar-refractivity contribution in [2.45, 2.75) is 6.92 Å². The molecule has 2 aromatic rings. The summed E-state index contributed by atoms with van der Waals surface area (Å²) in [5.74, 6) is -1.24. The van der Waals surface area contributed by atoms with Gasteiger partial charge in [-0.3, -0.25) is 9.59 Å². The summed E-state index contributed by atoms with van der Waals surface area (Å²) in [7, 11) is 1.56. The molecule has 0 radical (unpaired) electrons. The van der Waals surface area contributed by atoms with Gasteiger partial charge in [0.2, 0.25) is 0 Å². The molecule has 2 aromatic heterocycles. The second-order valence-electron chi connectivity index (χ2n) is 4.44. The summed E-state index contributed by atoms with van der Waals surface area (Å²) in [6, 6.07) is 3.52. The maximum Gasteiger partial charge on any atom is 0.308 e. The van der Waals surface area contributed by atoms with Crippen LogP contribution in [-0.2, 0) is 4.79 Å². The van der Waals surface area contributed by atoms with Gasteiger partial charge in [-0.15, -0.1) is 11.3 Å². The van der Waals surface area contributed by atoms with Crippen molar-refractivity contribution in [1.29, 1.82) is 0 Å². The first-order chi connectivity index (χ1) is 9.49. The van der Waals surface area contributed by atoms with Gasteiger partial charge >= 0.3 is 5.97 Å². The number of furan rings is 1. The minimum Gasteiger partial charge on any atom is -0.481 e. The van der Waals surface area contributed by atoms with Crippen LogP contribution in [0.15, 0.2) is 28.2 Å². The summed E-state index contributed by atoms with van der Waals surface area (Å²) in [6.07, 6.45) is 1.54. The van der Waals surface area contributed by atoms with Crippen molar-refractivity contribution >= 4 is 23.2 Å². The van der Waals surface area contributed by atoms with Gasteiger partial charge in [-0.2, -0.15) is 0 Å². The first-order valence-corrected chi connectivity index (χ1v) is 6.84. The van der Waals surface area contributed by atoms with E-state index in [0.29, 0.717) is 16.5 Å². The Balaban J connectivity index is 2.08. The molecule has 1 amide bonds. The van der Waals surface area contributed by atoms with Gasteiger partial charge in [0.15, 0.2) is 10.8 Å². The molecule has 0 fully saturated rings. The molecule has 1 unspecified atom stereocenters. The third-order valence-corrected chi connectivity index (χ3v) is 3.63. The molecule has 0 aliphatic carbocycles. The third kappa shape index (κ3) is 3.05. The highest BCUT2D eigenvalue weighted by Crippen LogP contribution is 2.24. The second kappa shape index (κ2) is 5.87. The molecule has 20 heavy (non-hydrogen) atoms. The van der Waals surface area contributed by atoms with Gasteiger partial charge in [0, 0.05) is 19.0 Å². The zero-order chi connectivity index (χ0) is 14.7. The summed E-state index contributed by atoms with van der Waals surface area (Å²) in [6.45, 7) is 1.70. The van der Waals surface area contributed by atoms with Crippen LogP contribution in [0.1, 0.15) is 17.4 Å². The van der Waals surface area contributed by atoms with Crippen molar-refractivity contribution in [3.8, 4) is 10.8 Å². The first kappa shape index (κ1) is 14.3. The Labute approximate surface area is 119 Å². The second-order valence-corrected chi connectivity index (χ2v) is 5.30. The molecule has 2 heterocycles. The van der Waals surface area contributed by atoms with Crippen LogP contribution in [0.5, 0.6) is 0 Å². The zero-order valence-electron chi connectivity index (χ0n) is 11.1. The van der Waals surface area contributed by atoms with Crippen LogP contribution < -0.4 is 0 Å². The van der Waals surface area contributed by atoms with E-state index < -0.39 is 11.9 Å². The van der Waals surface area contributed by atoms with E-state index in [1.807, 2.05) is 0 Å². The number of hydrogen-bond donors (Lipinski definition) is 1. The minimum absolute atomic E-state index is 0.141. The van der Waals surface area contributed by atoms with Crippen LogP contribution in [0.3, 0.4) is 0 Å². The molecule has 106 valence electrons. The molecule has 0 spiro atoms. The van der Waals surface area contributed by atoms with Crippen LogP contribution in [0, 0.1) is 5.92 Å². The van der Waals surface area contributed by atoms with E-state index in [-0.39, 0.29) is 12.5 Å². The van der Waals surface area contributed by atoms with Crippen LogP contribution >= 0.6 is 11.3 Å². The summed E-state index contributed by atoms with van der Waals surface area (Å²) in [5, 5.41) is 11.1. The maximum absolute atomic E-state index is 12.1. The van der Waals surface area contributed by atoms with Crippen LogP contribution in [0.25, 0.3) is 10.8 Å². The molecule has 1 N–H and O–H groups in total. The number of rotatable bonds is 5. The lowest BCUT2D eigenvalue weighted by Gasteiger charge is -2.18. The van der Waals surface area contributed by atoms with E-state index >= 15 is 0 Å². The molecule has 1 atom stereocenters. The van der Waals surface area contributed by atoms with E-state index in [2.05, 4.69) is 4.98 Å². The number of carboxylic acids is 1. The maximum atomic E-state index is 12.1. The number of thiazole rings is 1. The van der Waals surface area contributed by atoms with E-state index in [0.717, 1.165) is 0 Å². The molecule has 0 aliphatic heterocycles. The van der Waals surface area contributed by atoms with E-state index in [1.165, 1.54) is 16.2 Å². The van der Waals surface area contributed by atoms with Crippen molar-refractivity contribution in [2.24, 2.45) is 5.92 Å². The van der Waals surface area contributed by atoms with Crippen LogP contribution in [0.2, 0.25) is 0 Å². The number of carbonyl (C=O) groups excluding carboxylic acids is 1. The monoisotopic (exact) mass is 294 g/mol. The predicted molar refractivity (Wildman–Crippen MR) is 73.6 cm³/mol. The standard InChI is InChI=1S/C13H14N2O4S/c1-8(13(17)18)6-15(2)12(16)9-7-20-11(14-9)10-4-3-5-19-10/h3-5,7-8H,6H2,1-2H3,(H,17,18). The van der Waals surface area contributed by atoms with Crippen molar-refractivity contribution in [1.82, 2.24) is 9.88 Å². The Morgan fingerprint density at radius 3 is 2.90 bits per heavy atom. The largest absolute Gasteiger partial charge is 0.481 e. The number of aromatic nitrogens is 1. The van der Waals surface area contributed by atoms with Gasteiger partial charge in [0.05, 0.1) is 12.2 Å². The molecule has 0 saturated carbocycles. The number of nitrogens with zero attached hydrogens (tertiary/aromatic N) is 2. The van der Waals surface area contributed by atoms with Crippen LogP contribution in [0.4, 0.5) is 0 Å². The number of hydrogen-bond acceptors (Lipinski definition) is 5. The number of aliphatic carboxylic acids is 1. The highest BCUT2D eigenvalue weighted by molar-refractivity contribution is 7.13. The van der Waals surface area contributed by atoms with Gasteiger partial charge in [-0.05, 0) is 12.1 Å². The normalized spacial score (nSPS) is 12.1. The lowest BCUT2D eigenvalue weighted by Crippen LogP contribution is -2.33. The number of carbonyl (C=O) groups is 2. The van der Waals surface area contributed by atoms with Crippen molar-refractivity contribution in [3.05, 3.63) is 29.5 Å². The third-order valence-electron chi connectivity index (χ3n) is 2.77. The quantitative estimate of drug-likeness (QED) is 0.914. The predicted octanol–water partition coefficient (Wildman–Crippen LogP) is 2.20. The Morgan fingerprint density at radius 1 is 1.55 bits per heavy atom. The number of carboxylic acid groups (broad SMARTS) is 1. The summed E-state index contributed by atoms with van der Waals surface area (Å²) < 4.78 is 5.21. The fraction of sp³-hybridized carbons (Fsp3) is 0.308. The van der Waals surface area contributed by atoms with Crippen molar-refractivity contribution < 1.29 is 19.1 Å². The lowest BCUT2D eigenvalue weighted by atomic mass is 10.2. The average Bonchev–Trinajstić information content (AvgIpc) is 3.07. The Hall–Kier alpha value is -2.15. The average molecular weight is 294 g/mol. The fourth-order valence-electron chi connectivity index (χ4n) is 1.65. The van der Waals surface area contributed by atoms with E-state index in [4.69, 9.17) is 9.52 Å². The smallest absolute Gasteiger partial charge is 0.308 e. The SMILES string of the molecule is CC(CN(C)C(=O)c1csc(-c2ccco2)n1)C(=O)O. The topological polar surface area (TPSA) is 83.6 Å². The summed E-state index contributed by atoms with van der Waals surface area (Å²) >= 11 is 1.31. The molecule has 2 rings (SSSR count). The van der Waals surface area contributed by atoms with E-state index in [9.17, 15) is 9.59 Å². The van der Waals surface area contributed by atoms with Crippen molar-refractivity contribution in [2.75, 3.05) is 13.6 Å². The fourth-order valence-corrected chi connectivity index (χ4v) is 2.41. The van der Waals surface area contributed by atoms with Crippen molar-refractivity contribution in [3.63, 3.8) is 0 Å². The highest BCUT2D eigenvalue weighted by Gasteiger charge is 2.21. The highest BCUT2D eigenvalue weighted by atomic mass is 32.1. The first-order valence-electron chi connectivity index (χ1n) is 5.96. The Bertz CT molecular complexity index is 606. The molecular formula is C13H14N2O4S. The van der Waals surface area contributed by atoms with Gasteiger partial charge in [-0.1, -0.05) is 6.92 Å². The molecule has 0 aromatic carbocycles. The molecule has 0 bridgehead atoms. The van der Waals surface area contributed by atoms with E-state index in [1.54, 1.807) is 37.7 Å². The van der Waals surface area contributed by atoms with Crippen LogP contribution in [-0.4, -0.2) is 40.5 Å². The summed E-state index contributed by atoms with van der Waals surface area (Å²) in [4.78, 5) is 28.5.